The van der Waals surface area contributed by atoms with E-state index < -0.39 is 0 Å². The largest absolute Gasteiger partial charge is 0.493 e. The fraction of sp³-hybridized carbons (Fsp3) is 0.250. The van der Waals surface area contributed by atoms with Crippen molar-refractivity contribution in [2.75, 3.05) is 20.8 Å². The van der Waals surface area contributed by atoms with Gasteiger partial charge in [-0.1, -0.05) is 22.5 Å². The minimum Gasteiger partial charge on any atom is -0.493 e. The number of nitrogens with one attached hydrogen (secondary N) is 1. The van der Waals surface area contributed by atoms with Gasteiger partial charge in [-0.2, -0.15) is 0 Å². The zero-order chi connectivity index (χ0) is 13.7. The Morgan fingerprint density at radius 2 is 1.94 bits per heavy atom. The molecule has 1 aromatic carbocycles. The average Bonchev–Trinajstić information content (AvgIpc) is 2.35. The highest BCUT2D eigenvalue weighted by Gasteiger charge is 2.15. The van der Waals surface area contributed by atoms with E-state index in [2.05, 4.69) is 50.4 Å². The van der Waals surface area contributed by atoms with Crippen LogP contribution in [-0.4, -0.2) is 26.7 Å². The highest BCUT2D eigenvalue weighted by molar-refractivity contribution is 14.1. The van der Waals surface area contributed by atoms with Gasteiger partial charge in [0.1, 0.15) is 0 Å². The van der Waals surface area contributed by atoms with Crippen LogP contribution in [0.5, 0.6) is 11.5 Å². The lowest BCUT2D eigenvalue weighted by molar-refractivity contribution is 0.0956. The molecule has 0 aliphatic heterocycles. The number of carbonyl (C=O) groups excluding carboxylic acids is 1. The third kappa shape index (κ3) is 3.88. The Hall–Kier alpha value is -0.760. The summed E-state index contributed by atoms with van der Waals surface area (Å²) in [7, 11) is 3.09. The third-order valence-corrected chi connectivity index (χ3v) is 3.33. The maximum atomic E-state index is 12.0. The fourth-order valence-corrected chi connectivity index (χ4v) is 2.12. The van der Waals surface area contributed by atoms with E-state index in [9.17, 15) is 4.79 Å². The Morgan fingerprint density at radius 3 is 2.44 bits per heavy atom. The van der Waals surface area contributed by atoms with Gasteiger partial charge in [-0.25, -0.2) is 0 Å². The molecule has 1 amide bonds. The lowest BCUT2D eigenvalue weighted by Gasteiger charge is -2.11. The minimum absolute atomic E-state index is 0.180. The smallest absolute Gasteiger partial charge is 0.252 e. The molecule has 0 aliphatic carbocycles. The third-order valence-electron chi connectivity index (χ3n) is 2.16. The second kappa shape index (κ2) is 6.98. The Bertz CT molecular complexity index is 477. The number of carbonyl (C=O) groups is 1. The van der Waals surface area contributed by atoms with Gasteiger partial charge in [0.15, 0.2) is 11.5 Å². The lowest BCUT2D eigenvalue weighted by atomic mass is 10.2. The van der Waals surface area contributed by atoms with Gasteiger partial charge in [0.2, 0.25) is 0 Å². The number of amides is 1. The van der Waals surface area contributed by atoms with Crippen LogP contribution in [0.2, 0.25) is 0 Å². The summed E-state index contributed by atoms with van der Waals surface area (Å²) in [5.74, 6) is 0.949. The van der Waals surface area contributed by atoms with E-state index in [-0.39, 0.29) is 5.91 Å². The van der Waals surface area contributed by atoms with E-state index in [0.29, 0.717) is 28.1 Å². The molecular weight excluding hydrogens is 413 g/mol. The SMILES string of the molecule is C=C(Br)CNC(=O)c1cc(OC)c(OC)cc1I. The molecule has 0 saturated carbocycles. The number of hydrogen-bond donors (Lipinski definition) is 1. The van der Waals surface area contributed by atoms with Crippen LogP contribution in [-0.2, 0) is 0 Å². The van der Waals surface area contributed by atoms with Crippen LogP contribution in [0.3, 0.4) is 0 Å². The van der Waals surface area contributed by atoms with Crippen LogP contribution < -0.4 is 14.8 Å². The molecule has 4 nitrogen and oxygen atoms in total. The highest BCUT2D eigenvalue weighted by atomic mass is 127. The van der Waals surface area contributed by atoms with Gasteiger partial charge in [0.25, 0.3) is 5.91 Å². The van der Waals surface area contributed by atoms with Crippen molar-refractivity contribution in [1.29, 1.82) is 0 Å². The maximum Gasteiger partial charge on any atom is 0.252 e. The minimum atomic E-state index is -0.180. The summed E-state index contributed by atoms with van der Waals surface area (Å²) >= 11 is 5.27. The summed E-state index contributed by atoms with van der Waals surface area (Å²) in [5.41, 5.74) is 0.544. The number of ether oxygens (including phenoxy) is 2. The van der Waals surface area contributed by atoms with Crippen molar-refractivity contribution in [2.45, 2.75) is 0 Å². The van der Waals surface area contributed by atoms with Gasteiger partial charge in [-0.15, -0.1) is 0 Å². The molecule has 0 heterocycles. The number of benzene rings is 1. The normalized spacial score (nSPS) is 9.78. The van der Waals surface area contributed by atoms with Crippen molar-refractivity contribution in [2.24, 2.45) is 0 Å². The topological polar surface area (TPSA) is 47.6 Å². The van der Waals surface area contributed by atoms with Gasteiger partial charge in [-0.05, 0) is 34.7 Å². The van der Waals surface area contributed by atoms with Crippen LogP contribution in [0.4, 0.5) is 0 Å². The van der Waals surface area contributed by atoms with Gasteiger partial charge in [0.05, 0.1) is 19.8 Å². The summed E-state index contributed by atoms with van der Waals surface area (Å²) in [6.07, 6.45) is 0. The van der Waals surface area contributed by atoms with Crippen molar-refractivity contribution >= 4 is 44.4 Å². The zero-order valence-corrected chi connectivity index (χ0v) is 13.8. The van der Waals surface area contributed by atoms with Crippen LogP contribution in [0, 0.1) is 3.57 Å². The van der Waals surface area contributed by atoms with E-state index in [1.807, 2.05) is 0 Å². The van der Waals surface area contributed by atoms with E-state index in [1.54, 1.807) is 19.2 Å². The van der Waals surface area contributed by atoms with Gasteiger partial charge >= 0.3 is 0 Å². The second-order valence-electron chi connectivity index (χ2n) is 3.39. The molecule has 1 N–H and O–H groups in total. The Morgan fingerprint density at radius 1 is 1.39 bits per heavy atom. The van der Waals surface area contributed by atoms with Crippen molar-refractivity contribution in [3.05, 3.63) is 32.3 Å². The van der Waals surface area contributed by atoms with Crippen molar-refractivity contribution < 1.29 is 14.3 Å². The summed E-state index contributed by atoms with van der Waals surface area (Å²) in [5, 5.41) is 2.74. The van der Waals surface area contributed by atoms with Gasteiger partial charge < -0.3 is 14.8 Å². The Balaban J connectivity index is 3.01. The predicted octanol–water partition coefficient (Wildman–Crippen LogP) is 2.95. The van der Waals surface area contributed by atoms with Crippen LogP contribution in [0.25, 0.3) is 0 Å². The van der Waals surface area contributed by atoms with Crippen molar-refractivity contribution in [1.82, 2.24) is 5.32 Å². The first-order valence-electron chi connectivity index (χ1n) is 5.02. The van der Waals surface area contributed by atoms with Gasteiger partial charge in [0, 0.05) is 14.6 Å². The predicted molar refractivity (Wildman–Crippen MR) is 82.7 cm³/mol. The number of hydrogen-bond acceptors (Lipinski definition) is 3. The summed E-state index contributed by atoms with van der Waals surface area (Å²) in [4.78, 5) is 12.0. The molecule has 0 fully saturated rings. The second-order valence-corrected chi connectivity index (χ2v) is 5.67. The van der Waals surface area contributed by atoms with Crippen LogP contribution >= 0.6 is 38.5 Å². The van der Waals surface area contributed by atoms with E-state index in [0.717, 1.165) is 3.57 Å². The molecule has 18 heavy (non-hydrogen) atoms. The van der Waals surface area contributed by atoms with Gasteiger partial charge in [-0.3, -0.25) is 4.79 Å². The molecule has 1 rings (SSSR count). The molecular formula is C12H13BrINO3. The fourth-order valence-electron chi connectivity index (χ4n) is 1.30. The number of rotatable bonds is 5. The number of methoxy groups -OCH3 is 2. The molecule has 0 spiro atoms. The van der Waals surface area contributed by atoms with Crippen LogP contribution in [0.15, 0.2) is 23.2 Å². The average molecular weight is 426 g/mol. The first-order valence-corrected chi connectivity index (χ1v) is 6.89. The molecule has 0 aliphatic rings. The van der Waals surface area contributed by atoms with Crippen molar-refractivity contribution in [3.8, 4) is 11.5 Å². The molecule has 0 atom stereocenters. The quantitative estimate of drug-likeness (QED) is 0.738. The van der Waals surface area contributed by atoms with E-state index in [1.165, 1.54) is 7.11 Å². The molecule has 1 aromatic rings. The van der Waals surface area contributed by atoms with Crippen molar-refractivity contribution in [3.63, 3.8) is 0 Å². The zero-order valence-electron chi connectivity index (χ0n) is 10.0. The first kappa shape index (κ1) is 15.3. The molecule has 0 unspecified atom stereocenters. The lowest BCUT2D eigenvalue weighted by Crippen LogP contribution is -2.25. The molecule has 0 bridgehead atoms. The molecule has 6 heteroatoms. The Labute approximate surface area is 128 Å². The summed E-state index contributed by atoms with van der Waals surface area (Å²) in [6.45, 7) is 4.04. The first-order chi connectivity index (χ1) is 8.49. The maximum absolute atomic E-state index is 12.0. The molecule has 0 saturated heterocycles. The standard InChI is InChI=1S/C12H13BrINO3/c1-7(13)6-15-12(16)8-4-10(17-2)11(18-3)5-9(8)14/h4-5H,1,6H2,2-3H3,(H,15,16). The summed E-state index contributed by atoms with van der Waals surface area (Å²) < 4.78 is 11.8. The molecule has 0 radical (unpaired) electrons. The monoisotopic (exact) mass is 425 g/mol. The Kier molecular flexibility index (Phi) is 5.94. The highest BCUT2D eigenvalue weighted by Crippen LogP contribution is 2.31. The van der Waals surface area contributed by atoms with Crippen LogP contribution in [0.1, 0.15) is 10.4 Å². The van der Waals surface area contributed by atoms with E-state index in [4.69, 9.17) is 9.47 Å². The number of halogens is 2. The van der Waals surface area contributed by atoms with E-state index >= 15 is 0 Å². The molecule has 98 valence electrons. The summed E-state index contributed by atoms with van der Waals surface area (Å²) in [6, 6.07) is 3.42. The molecule has 0 aromatic heterocycles.